The molecule has 20 heavy (non-hydrogen) atoms. The number of aryl methyl sites for hydroxylation is 2. The molecule has 1 aliphatic heterocycles. The molecule has 0 unspecified atom stereocenters. The first kappa shape index (κ1) is 14.4. The number of nitrogens with zero attached hydrogens (tertiary/aromatic N) is 3. The highest BCUT2D eigenvalue weighted by atomic mass is 16.6. The van der Waals surface area contributed by atoms with Crippen LogP contribution >= 0.6 is 0 Å². The Morgan fingerprint density at radius 1 is 1.65 bits per heavy atom. The van der Waals surface area contributed by atoms with Crippen molar-refractivity contribution in [1.82, 2.24) is 15.1 Å². The third-order valence-corrected chi connectivity index (χ3v) is 3.47. The van der Waals surface area contributed by atoms with Gasteiger partial charge in [-0.05, 0) is 26.7 Å². The lowest BCUT2D eigenvalue weighted by molar-refractivity contribution is -0.385. The highest BCUT2D eigenvalue weighted by molar-refractivity contribution is 5.97. The van der Waals surface area contributed by atoms with Gasteiger partial charge in [0.2, 0.25) is 5.69 Å². The third-order valence-electron chi connectivity index (χ3n) is 3.47. The zero-order chi connectivity index (χ0) is 14.9. The molecule has 1 fully saturated rings. The molecule has 0 aliphatic carbocycles. The molecule has 0 saturated carbocycles. The monoisotopic (exact) mass is 282 g/mol. The van der Waals surface area contributed by atoms with E-state index in [1.807, 2.05) is 6.92 Å². The van der Waals surface area contributed by atoms with Crippen LogP contribution in [-0.4, -0.2) is 39.4 Å². The molecule has 0 aromatic carbocycles. The van der Waals surface area contributed by atoms with Gasteiger partial charge in [-0.2, -0.15) is 5.10 Å². The zero-order valence-corrected chi connectivity index (χ0v) is 11.8. The molecule has 2 atom stereocenters. The lowest BCUT2D eigenvalue weighted by Gasteiger charge is -2.19. The summed E-state index contributed by atoms with van der Waals surface area (Å²) in [4.78, 5) is 22.7. The van der Waals surface area contributed by atoms with Crippen LogP contribution in [0.4, 0.5) is 5.69 Å². The highest BCUT2D eigenvalue weighted by Gasteiger charge is 2.31. The minimum absolute atomic E-state index is 0.0302. The minimum Gasteiger partial charge on any atom is -0.376 e. The second-order valence-corrected chi connectivity index (χ2v) is 4.98. The Morgan fingerprint density at radius 2 is 2.35 bits per heavy atom. The molecule has 1 N–H and O–H groups in total. The van der Waals surface area contributed by atoms with Gasteiger partial charge in [0.25, 0.3) is 5.91 Å². The van der Waals surface area contributed by atoms with Gasteiger partial charge < -0.3 is 10.1 Å². The number of carbonyl (C=O) groups is 1. The highest BCUT2D eigenvalue weighted by Crippen LogP contribution is 2.23. The molecular formula is C12H18N4O4. The van der Waals surface area contributed by atoms with E-state index >= 15 is 0 Å². The van der Waals surface area contributed by atoms with Crippen LogP contribution < -0.4 is 5.32 Å². The van der Waals surface area contributed by atoms with E-state index in [-0.39, 0.29) is 29.2 Å². The van der Waals surface area contributed by atoms with Crippen molar-refractivity contribution in [3.63, 3.8) is 0 Å². The van der Waals surface area contributed by atoms with Gasteiger partial charge in [-0.1, -0.05) is 0 Å². The number of aromatic nitrogens is 2. The Bertz CT molecular complexity index is 534. The fraction of sp³-hybridized carbons (Fsp3) is 0.667. The van der Waals surface area contributed by atoms with E-state index in [1.54, 1.807) is 0 Å². The van der Waals surface area contributed by atoms with Gasteiger partial charge in [-0.3, -0.25) is 19.6 Å². The summed E-state index contributed by atoms with van der Waals surface area (Å²) in [5, 5.41) is 17.7. The average Bonchev–Trinajstić information content (AvgIpc) is 2.96. The van der Waals surface area contributed by atoms with Crippen molar-refractivity contribution in [2.24, 2.45) is 7.05 Å². The molecule has 8 nitrogen and oxygen atoms in total. The number of amides is 1. The number of rotatable bonds is 4. The van der Waals surface area contributed by atoms with Crippen LogP contribution in [0.3, 0.4) is 0 Å². The van der Waals surface area contributed by atoms with Crippen LogP contribution in [0.5, 0.6) is 0 Å². The molecule has 8 heteroatoms. The molecule has 2 heterocycles. The summed E-state index contributed by atoms with van der Waals surface area (Å²) < 4.78 is 6.73. The average molecular weight is 282 g/mol. The van der Waals surface area contributed by atoms with Gasteiger partial charge in [0.05, 0.1) is 17.1 Å². The number of hydrogen-bond acceptors (Lipinski definition) is 5. The van der Waals surface area contributed by atoms with Gasteiger partial charge in [0, 0.05) is 13.7 Å². The maximum Gasteiger partial charge on any atom is 0.322 e. The van der Waals surface area contributed by atoms with Crippen LogP contribution in [0, 0.1) is 17.0 Å². The maximum absolute atomic E-state index is 12.2. The molecule has 0 spiro atoms. The maximum atomic E-state index is 12.2. The summed E-state index contributed by atoms with van der Waals surface area (Å²) in [6, 6.07) is -0.195. The molecule has 1 saturated heterocycles. The number of ether oxygens (including phenoxy) is 1. The number of hydrogen-bond donors (Lipinski definition) is 1. The Labute approximate surface area is 116 Å². The van der Waals surface area contributed by atoms with E-state index < -0.39 is 10.8 Å². The first-order valence-corrected chi connectivity index (χ1v) is 6.52. The van der Waals surface area contributed by atoms with Gasteiger partial charge in [0.1, 0.15) is 5.69 Å². The molecular weight excluding hydrogens is 264 g/mol. The Hall–Kier alpha value is -1.96. The van der Waals surface area contributed by atoms with Gasteiger partial charge >= 0.3 is 5.69 Å². The zero-order valence-electron chi connectivity index (χ0n) is 11.8. The molecule has 110 valence electrons. The summed E-state index contributed by atoms with van der Waals surface area (Å²) in [7, 11) is 1.52. The first-order valence-electron chi connectivity index (χ1n) is 6.52. The quantitative estimate of drug-likeness (QED) is 0.654. The predicted molar refractivity (Wildman–Crippen MR) is 70.5 cm³/mol. The Balaban J connectivity index is 2.18. The second kappa shape index (κ2) is 5.58. The van der Waals surface area contributed by atoms with Crippen molar-refractivity contribution < 1.29 is 14.5 Å². The van der Waals surface area contributed by atoms with E-state index in [4.69, 9.17) is 4.74 Å². The van der Waals surface area contributed by atoms with Crippen LogP contribution in [0.25, 0.3) is 0 Å². The summed E-state index contributed by atoms with van der Waals surface area (Å²) in [5.74, 6) is -0.497. The second-order valence-electron chi connectivity index (χ2n) is 4.98. The number of nitro groups is 1. The van der Waals surface area contributed by atoms with E-state index in [0.29, 0.717) is 6.61 Å². The fourth-order valence-corrected chi connectivity index (χ4v) is 2.49. The van der Waals surface area contributed by atoms with E-state index in [1.165, 1.54) is 18.7 Å². The van der Waals surface area contributed by atoms with Gasteiger partial charge in [-0.15, -0.1) is 0 Å². The van der Waals surface area contributed by atoms with Crippen molar-refractivity contribution in [3.8, 4) is 0 Å². The Morgan fingerprint density at radius 3 is 2.90 bits per heavy atom. The molecule has 1 aromatic rings. The van der Waals surface area contributed by atoms with E-state index in [2.05, 4.69) is 10.4 Å². The first-order chi connectivity index (χ1) is 9.41. The summed E-state index contributed by atoms with van der Waals surface area (Å²) in [6.45, 7) is 4.04. The van der Waals surface area contributed by atoms with Crippen LogP contribution in [0.15, 0.2) is 0 Å². The van der Waals surface area contributed by atoms with Crippen molar-refractivity contribution >= 4 is 11.6 Å². The van der Waals surface area contributed by atoms with Crippen molar-refractivity contribution in [2.45, 2.75) is 38.8 Å². The van der Waals surface area contributed by atoms with Gasteiger partial charge in [0.15, 0.2) is 0 Å². The Kier molecular flexibility index (Phi) is 4.03. The molecule has 1 aromatic heterocycles. The summed E-state index contributed by atoms with van der Waals surface area (Å²) >= 11 is 0. The summed E-state index contributed by atoms with van der Waals surface area (Å²) in [5.41, 5.74) is -0.0469. The van der Waals surface area contributed by atoms with Crippen molar-refractivity contribution in [3.05, 3.63) is 21.5 Å². The van der Waals surface area contributed by atoms with Crippen LogP contribution in [0.2, 0.25) is 0 Å². The minimum atomic E-state index is -0.575. The summed E-state index contributed by atoms with van der Waals surface area (Å²) in [6.07, 6.45) is 1.82. The van der Waals surface area contributed by atoms with Gasteiger partial charge in [-0.25, -0.2) is 0 Å². The molecule has 1 aliphatic rings. The lowest BCUT2D eigenvalue weighted by atomic mass is 10.1. The molecule has 0 bridgehead atoms. The molecule has 0 radical (unpaired) electrons. The molecule has 1 amide bonds. The molecule has 2 rings (SSSR count). The lowest BCUT2D eigenvalue weighted by Crippen LogP contribution is -2.41. The topological polar surface area (TPSA) is 99.3 Å². The standard InChI is InChI=1S/C12H18N4O4/c1-7(9-5-4-6-20-9)13-12(17)11-10(16(18)19)8(2)14-15(11)3/h7,9H,4-6H2,1-3H3,(H,13,17)/t7-,9-/m1/s1. The predicted octanol–water partition coefficient (Wildman–Crippen LogP) is 0.934. The van der Waals surface area contributed by atoms with Crippen molar-refractivity contribution in [2.75, 3.05) is 6.61 Å². The van der Waals surface area contributed by atoms with E-state index in [0.717, 1.165) is 12.8 Å². The fourth-order valence-electron chi connectivity index (χ4n) is 2.49. The largest absolute Gasteiger partial charge is 0.376 e. The van der Waals surface area contributed by atoms with Crippen molar-refractivity contribution in [1.29, 1.82) is 0 Å². The van der Waals surface area contributed by atoms with Crippen LogP contribution in [-0.2, 0) is 11.8 Å². The smallest absolute Gasteiger partial charge is 0.322 e. The normalized spacial score (nSPS) is 19.9. The van der Waals surface area contributed by atoms with Crippen LogP contribution in [0.1, 0.15) is 35.9 Å². The number of carbonyl (C=O) groups excluding carboxylic acids is 1. The SMILES string of the molecule is Cc1nn(C)c(C(=O)N[C@H](C)[C@H]2CCCO2)c1[N+](=O)[O-]. The number of nitrogens with one attached hydrogen (secondary N) is 1. The van der Waals surface area contributed by atoms with E-state index in [9.17, 15) is 14.9 Å². The third kappa shape index (κ3) is 2.64.